The van der Waals surface area contributed by atoms with Crippen LogP contribution in [0.2, 0.25) is 0 Å². The summed E-state index contributed by atoms with van der Waals surface area (Å²) in [6.07, 6.45) is -0.894. The molecule has 1 atom stereocenters. The fourth-order valence-corrected chi connectivity index (χ4v) is 2.20. The quantitative estimate of drug-likeness (QED) is 0.440. The molecule has 1 N–H and O–H groups in total. The van der Waals surface area contributed by atoms with Gasteiger partial charge in [-0.1, -0.05) is 42.5 Å². The van der Waals surface area contributed by atoms with E-state index in [1.54, 1.807) is 45.0 Å². The van der Waals surface area contributed by atoms with Gasteiger partial charge in [-0.3, -0.25) is 4.89 Å². The summed E-state index contributed by atoms with van der Waals surface area (Å²) in [5, 5.41) is 2.43. The summed E-state index contributed by atoms with van der Waals surface area (Å²) in [5.41, 5.74) is 0.893. The second-order valence-corrected chi connectivity index (χ2v) is 7.01. The van der Waals surface area contributed by atoms with Crippen LogP contribution in [0.4, 0.5) is 4.79 Å². The van der Waals surface area contributed by atoms with Crippen molar-refractivity contribution in [1.82, 2.24) is 5.32 Å². The average Bonchev–Trinajstić information content (AvgIpc) is 2.69. The fraction of sp³-hybridized carbons (Fsp3) is 0.333. The van der Waals surface area contributed by atoms with Crippen LogP contribution in [0.1, 0.15) is 37.9 Å². The van der Waals surface area contributed by atoms with Crippen LogP contribution >= 0.6 is 0 Å². The van der Waals surface area contributed by atoms with Crippen molar-refractivity contribution in [2.75, 3.05) is 7.11 Å². The Morgan fingerprint density at radius 1 is 1.00 bits per heavy atom. The number of carbonyl (C=O) groups is 2. The van der Waals surface area contributed by atoms with E-state index >= 15 is 0 Å². The lowest BCUT2D eigenvalue weighted by molar-refractivity contribution is -0.300. The van der Waals surface area contributed by atoms with Crippen LogP contribution in [0.25, 0.3) is 0 Å². The van der Waals surface area contributed by atoms with E-state index in [1.807, 2.05) is 30.3 Å². The summed E-state index contributed by atoms with van der Waals surface area (Å²) in [7, 11) is 1.24. The number of methoxy groups -OCH3 is 1. The first-order valence-electron chi connectivity index (χ1n) is 8.79. The second-order valence-electron chi connectivity index (χ2n) is 7.01. The van der Waals surface area contributed by atoms with Crippen LogP contribution < -0.4 is 10.1 Å². The van der Waals surface area contributed by atoms with Crippen molar-refractivity contribution < 1.29 is 28.8 Å². The number of hydrogen-bond acceptors (Lipinski definition) is 6. The maximum absolute atomic E-state index is 12.1. The van der Waals surface area contributed by atoms with Crippen molar-refractivity contribution >= 4 is 12.1 Å². The number of amides is 1. The van der Waals surface area contributed by atoms with Crippen molar-refractivity contribution in [3.63, 3.8) is 0 Å². The highest BCUT2D eigenvalue weighted by Crippen LogP contribution is 2.20. The molecule has 2 aromatic carbocycles. The van der Waals surface area contributed by atoms with Crippen molar-refractivity contribution in [2.24, 2.45) is 0 Å². The number of rotatable bonds is 7. The third-order valence-corrected chi connectivity index (χ3v) is 3.53. The minimum Gasteiger partial charge on any atom is -0.489 e. The number of esters is 1. The highest BCUT2D eigenvalue weighted by molar-refractivity contribution is 5.82. The van der Waals surface area contributed by atoms with Gasteiger partial charge in [0.05, 0.1) is 7.11 Å². The van der Waals surface area contributed by atoms with Gasteiger partial charge in [0.2, 0.25) is 0 Å². The van der Waals surface area contributed by atoms with Gasteiger partial charge >= 0.3 is 12.1 Å². The Morgan fingerprint density at radius 2 is 1.64 bits per heavy atom. The Hall–Kier alpha value is -3.06. The molecule has 0 aromatic heterocycles. The van der Waals surface area contributed by atoms with Crippen LogP contribution in [0.3, 0.4) is 0 Å². The Kier molecular flexibility index (Phi) is 7.40. The lowest BCUT2D eigenvalue weighted by Gasteiger charge is -2.20. The van der Waals surface area contributed by atoms with Crippen molar-refractivity contribution in [3.05, 3.63) is 65.7 Å². The third kappa shape index (κ3) is 6.92. The van der Waals surface area contributed by atoms with Gasteiger partial charge < -0.3 is 14.8 Å². The summed E-state index contributed by atoms with van der Waals surface area (Å²) < 4.78 is 10.5. The largest absolute Gasteiger partial charge is 0.489 e. The summed E-state index contributed by atoms with van der Waals surface area (Å²) in [4.78, 5) is 33.6. The van der Waals surface area contributed by atoms with Crippen molar-refractivity contribution in [1.29, 1.82) is 0 Å². The van der Waals surface area contributed by atoms with E-state index in [0.717, 1.165) is 5.56 Å². The summed E-state index contributed by atoms with van der Waals surface area (Å²) >= 11 is 0. The number of ether oxygens (including phenoxy) is 2. The molecular weight excluding hydrogens is 362 g/mol. The highest BCUT2D eigenvalue weighted by atomic mass is 17.2. The van der Waals surface area contributed by atoms with Gasteiger partial charge in [0.25, 0.3) is 0 Å². The smallest absolute Gasteiger partial charge is 0.439 e. The maximum Gasteiger partial charge on any atom is 0.439 e. The van der Waals surface area contributed by atoms with Crippen LogP contribution in [0, 0.1) is 0 Å². The molecule has 0 spiro atoms. The first kappa shape index (κ1) is 21.2. The molecule has 2 rings (SSSR count). The average molecular weight is 387 g/mol. The third-order valence-electron chi connectivity index (χ3n) is 3.53. The lowest BCUT2D eigenvalue weighted by Crippen LogP contribution is -2.36. The molecule has 150 valence electrons. The zero-order valence-electron chi connectivity index (χ0n) is 16.4. The predicted octanol–water partition coefficient (Wildman–Crippen LogP) is 3.94. The number of carbonyl (C=O) groups excluding carboxylic acids is 2. The molecule has 7 nitrogen and oxygen atoms in total. The molecule has 0 aliphatic rings. The molecule has 0 saturated heterocycles. The van der Waals surface area contributed by atoms with Crippen molar-refractivity contribution in [2.45, 2.75) is 39.0 Å². The minimum atomic E-state index is -1.04. The van der Waals surface area contributed by atoms with E-state index in [4.69, 9.17) is 14.4 Å². The molecule has 0 saturated carbocycles. The second kappa shape index (κ2) is 9.75. The molecule has 0 aliphatic heterocycles. The molecule has 0 fully saturated rings. The van der Waals surface area contributed by atoms with Gasteiger partial charge in [0.1, 0.15) is 18.0 Å². The van der Waals surface area contributed by atoms with Crippen LogP contribution in [0.5, 0.6) is 5.75 Å². The molecule has 0 heterocycles. The number of hydrogen-bond donors (Lipinski definition) is 1. The standard InChI is InChI=1S/C21H25NO6/c1-21(2,3)28-27-20(24)22-18(19(23)25-4)16-10-12-17(13-11-16)26-14-15-8-6-5-7-9-15/h5-13,18H,14H2,1-4H3,(H,22,24)/t18-/m1/s1. The fourth-order valence-electron chi connectivity index (χ4n) is 2.20. The summed E-state index contributed by atoms with van der Waals surface area (Å²) in [6, 6.07) is 15.5. The zero-order valence-corrected chi connectivity index (χ0v) is 16.4. The van der Waals surface area contributed by atoms with Crippen LogP contribution in [0.15, 0.2) is 54.6 Å². The molecule has 1 amide bonds. The Labute approximate surface area is 164 Å². The molecule has 0 aliphatic carbocycles. The van der Waals surface area contributed by atoms with E-state index < -0.39 is 23.7 Å². The lowest BCUT2D eigenvalue weighted by atomic mass is 10.1. The summed E-state index contributed by atoms with van der Waals surface area (Å²) in [5.74, 6) is 0.000485. The van der Waals surface area contributed by atoms with Crippen LogP contribution in [-0.2, 0) is 25.9 Å². The predicted molar refractivity (Wildman–Crippen MR) is 102 cm³/mol. The molecule has 0 unspecified atom stereocenters. The first-order chi connectivity index (χ1) is 13.3. The number of benzene rings is 2. The Balaban J connectivity index is 2.01. The Bertz CT molecular complexity index is 768. The molecular formula is C21H25NO6. The zero-order chi connectivity index (χ0) is 20.6. The van der Waals surface area contributed by atoms with Crippen molar-refractivity contribution in [3.8, 4) is 5.75 Å². The molecule has 28 heavy (non-hydrogen) atoms. The molecule has 0 bridgehead atoms. The molecule has 0 radical (unpaired) electrons. The number of nitrogens with one attached hydrogen (secondary N) is 1. The van der Waals surface area contributed by atoms with E-state index in [2.05, 4.69) is 10.2 Å². The SMILES string of the molecule is COC(=O)[C@H](NC(=O)OOC(C)(C)C)c1ccc(OCc2ccccc2)cc1. The van der Waals surface area contributed by atoms with Crippen LogP contribution in [-0.4, -0.2) is 24.8 Å². The maximum atomic E-state index is 12.1. The van der Waals surface area contributed by atoms with Gasteiger partial charge in [-0.2, -0.15) is 4.89 Å². The molecule has 7 heteroatoms. The highest BCUT2D eigenvalue weighted by Gasteiger charge is 2.26. The van der Waals surface area contributed by atoms with E-state index in [-0.39, 0.29) is 0 Å². The van der Waals surface area contributed by atoms with E-state index in [0.29, 0.717) is 17.9 Å². The normalized spacial score (nSPS) is 12.0. The first-order valence-corrected chi connectivity index (χ1v) is 8.79. The van der Waals surface area contributed by atoms with E-state index in [1.165, 1.54) is 7.11 Å². The van der Waals surface area contributed by atoms with Gasteiger partial charge in [-0.05, 0) is 44.0 Å². The Morgan fingerprint density at radius 3 is 2.21 bits per heavy atom. The van der Waals surface area contributed by atoms with Gasteiger partial charge in [-0.25, -0.2) is 9.59 Å². The summed E-state index contributed by atoms with van der Waals surface area (Å²) in [6.45, 7) is 5.61. The van der Waals surface area contributed by atoms with Gasteiger partial charge in [-0.15, -0.1) is 0 Å². The monoisotopic (exact) mass is 387 g/mol. The topological polar surface area (TPSA) is 83.1 Å². The van der Waals surface area contributed by atoms with E-state index in [9.17, 15) is 9.59 Å². The molecule has 2 aromatic rings. The minimum absolute atomic E-state index is 0.426. The van der Waals surface area contributed by atoms with Gasteiger partial charge in [0, 0.05) is 0 Å². The van der Waals surface area contributed by atoms with Gasteiger partial charge in [0.15, 0.2) is 6.04 Å².